The highest BCUT2D eigenvalue weighted by Crippen LogP contribution is 2.26. The van der Waals surface area contributed by atoms with Gasteiger partial charge in [0.2, 0.25) is 0 Å². The molecule has 0 aromatic heterocycles. The Hall–Kier alpha value is -3.05. The highest BCUT2D eigenvalue weighted by atomic mass is 32.2. The van der Waals surface area contributed by atoms with Crippen molar-refractivity contribution >= 4 is 37.3 Å². The van der Waals surface area contributed by atoms with Crippen molar-refractivity contribution in [1.29, 1.82) is 0 Å². The van der Waals surface area contributed by atoms with E-state index in [0.717, 1.165) is 27.3 Å². The lowest BCUT2D eigenvalue weighted by atomic mass is 10.1. The molecule has 5 heteroatoms. The summed E-state index contributed by atoms with van der Waals surface area (Å²) < 4.78 is 33.4. The molecule has 4 rings (SSSR count). The van der Waals surface area contributed by atoms with Crippen molar-refractivity contribution in [2.75, 3.05) is 11.8 Å². The normalized spacial score (nSPS) is 11.6. The molecule has 0 fully saturated rings. The van der Waals surface area contributed by atoms with Gasteiger partial charge in [-0.3, -0.25) is 4.72 Å². The molecule has 26 heavy (non-hydrogen) atoms. The van der Waals surface area contributed by atoms with Crippen LogP contribution in [0.25, 0.3) is 21.5 Å². The summed E-state index contributed by atoms with van der Waals surface area (Å²) in [4.78, 5) is 0.225. The summed E-state index contributed by atoms with van der Waals surface area (Å²) >= 11 is 0. The largest absolute Gasteiger partial charge is 0.497 e. The number of hydrogen-bond donors (Lipinski definition) is 1. The summed E-state index contributed by atoms with van der Waals surface area (Å²) in [5, 5.41) is 3.81. The molecule has 1 N–H and O–H groups in total. The van der Waals surface area contributed by atoms with Crippen molar-refractivity contribution in [1.82, 2.24) is 0 Å². The Labute approximate surface area is 152 Å². The molecule has 0 amide bonds. The van der Waals surface area contributed by atoms with Crippen molar-refractivity contribution in [2.24, 2.45) is 0 Å². The van der Waals surface area contributed by atoms with Crippen molar-refractivity contribution in [3.63, 3.8) is 0 Å². The van der Waals surface area contributed by atoms with Crippen LogP contribution < -0.4 is 9.46 Å². The van der Waals surface area contributed by atoms with E-state index in [2.05, 4.69) is 4.72 Å². The molecule has 0 saturated carbocycles. The van der Waals surface area contributed by atoms with Crippen LogP contribution in [0.4, 0.5) is 5.69 Å². The SMILES string of the molecule is COc1ccc2cc(S(=O)(=O)Nc3ccc4ccccc4c3)ccc2c1. The van der Waals surface area contributed by atoms with Gasteiger partial charge in [-0.15, -0.1) is 0 Å². The molecule has 0 atom stereocenters. The Kier molecular flexibility index (Phi) is 4.01. The maximum absolute atomic E-state index is 12.8. The van der Waals surface area contributed by atoms with Crippen LogP contribution in [0.2, 0.25) is 0 Å². The van der Waals surface area contributed by atoms with E-state index < -0.39 is 10.0 Å². The lowest BCUT2D eigenvalue weighted by Crippen LogP contribution is -2.12. The lowest BCUT2D eigenvalue weighted by Gasteiger charge is -2.10. The van der Waals surface area contributed by atoms with Crippen LogP contribution in [0, 0.1) is 0 Å². The van der Waals surface area contributed by atoms with Crippen molar-refractivity contribution in [3.05, 3.63) is 78.9 Å². The first kappa shape index (κ1) is 16.4. The maximum atomic E-state index is 12.8. The Morgan fingerprint density at radius 3 is 2.19 bits per heavy atom. The summed E-state index contributed by atoms with van der Waals surface area (Å²) in [5.41, 5.74) is 0.540. The average molecular weight is 363 g/mol. The molecule has 0 aliphatic rings. The number of hydrogen-bond acceptors (Lipinski definition) is 3. The standard InChI is InChI=1S/C21H17NO3S/c1-25-20-10-7-18-14-21(11-8-17(18)13-20)26(23,24)22-19-9-6-15-4-2-3-5-16(15)12-19/h2-14,22H,1H3. The number of fused-ring (bicyclic) bond motifs is 2. The maximum Gasteiger partial charge on any atom is 0.261 e. The fourth-order valence-corrected chi connectivity index (χ4v) is 4.05. The summed E-state index contributed by atoms with van der Waals surface area (Å²) in [6.45, 7) is 0. The highest BCUT2D eigenvalue weighted by Gasteiger charge is 2.15. The van der Waals surface area contributed by atoms with Gasteiger partial charge in [-0.2, -0.15) is 0 Å². The van der Waals surface area contributed by atoms with Crippen LogP contribution in [0.3, 0.4) is 0 Å². The van der Waals surface area contributed by atoms with E-state index in [1.165, 1.54) is 0 Å². The Morgan fingerprint density at radius 2 is 1.38 bits per heavy atom. The van der Waals surface area contributed by atoms with E-state index in [1.54, 1.807) is 31.4 Å². The number of rotatable bonds is 4. The molecule has 0 aliphatic heterocycles. The third kappa shape index (κ3) is 3.09. The van der Waals surface area contributed by atoms with Gasteiger partial charge in [0.1, 0.15) is 5.75 Å². The van der Waals surface area contributed by atoms with E-state index >= 15 is 0 Å². The minimum Gasteiger partial charge on any atom is -0.497 e. The second-order valence-corrected chi connectivity index (χ2v) is 7.72. The average Bonchev–Trinajstić information content (AvgIpc) is 2.66. The Morgan fingerprint density at radius 1 is 0.731 bits per heavy atom. The van der Waals surface area contributed by atoms with Gasteiger partial charge >= 0.3 is 0 Å². The monoisotopic (exact) mass is 363 g/mol. The lowest BCUT2D eigenvalue weighted by molar-refractivity contribution is 0.415. The molecule has 4 aromatic rings. The summed E-state index contributed by atoms with van der Waals surface area (Å²) in [6.07, 6.45) is 0. The first-order valence-electron chi connectivity index (χ1n) is 8.15. The zero-order valence-electron chi connectivity index (χ0n) is 14.1. The van der Waals surface area contributed by atoms with Gasteiger partial charge in [0, 0.05) is 5.69 Å². The quantitative estimate of drug-likeness (QED) is 0.566. The van der Waals surface area contributed by atoms with E-state index in [9.17, 15) is 8.42 Å². The van der Waals surface area contributed by atoms with E-state index in [1.807, 2.05) is 54.6 Å². The van der Waals surface area contributed by atoms with Crippen LogP contribution >= 0.6 is 0 Å². The second kappa shape index (κ2) is 6.35. The second-order valence-electron chi connectivity index (χ2n) is 6.04. The number of sulfonamides is 1. The number of nitrogens with one attached hydrogen (secondary N) is 1. The minimum atomic E-state index is -3.67. The molecule has 0 saturated heterocycles. The van der Waals surface area contributed by atoms with Crippen LogP contribution in [0.15, 0.2) is 83.8 Å². The predicted molar refractivity (Wildman–Crippen MR) is 105 cm³/mol. The van der Waals surface area contributed by atoms with Gasteiger partial charge in [0.05, 0.1) is 12.0 Å². The highest BCUT2D eigenvalue weighted by molar-refractivity contribution is 7.92. The van der Waals surface area contributed by atoms with Gasteiger partial charge in [-0.05, 0) is 57.9 Å². The van der Waals surface area contributed by atoms with Crippen LogP contribution in [0.1, 0.15) is 0 Å². The van der Waals surface area contributed by atoms with E-state index in [-0.39, 0.29) is 4.90 Å². The van der Waals surface area contributed by atoms with Gasteiger partial charge in [-0.1, -0.05) is 42.5 Å². The molecular weight excluding hydrogens is 346 g/mol. The van der Waals surface area contributed by atoms with Crippen molar-refractivity contribution in [2.45, 2.75) is 4.90 Å². The smallest absolute Gasteiger partial charge is 0.261 e. The Bertz CT molecular complexity index is 1220. The summed E-state index contributed by atoms with van der Waals surface area (Å²) in [6, 6.07) is 23.9. The zero-order valence-corrected chi connectivity index (χ0v) is 15.0. The number of anilines is 1. The molecule has 4 nitrogen and oxygen atoms in total. The molecule has 130 valence electrons. The van der Waals surface area contributed by atoms with E-state index in [4.69, 9.17) is 4.74 Å². The van der Waals surface area contributed by atoms with Gasteiger partial charge in [0.25, 0.3) is 10.0 Å². The first-order chi connectivity index (χ1) is 12.5. The molecule has 0 aliphatic carbocycles. The third-order valence-electron chi connectivity index (χ3n) is 4.33. The fourth-order valence-electron chi connectivity index (χ4n) is 2.96. The van der Waals surface area contributed by atoms with Crippen LogP contribution in [-0.4, -0.2) is 15.5 Å². The molecule has 4 aromatic carbocycles. The minimum absolute atomic E-state index is 0.225. The number of benzene rings is 4. The first-order valence-corrected chi connectivity index (χ1v) is 9.63. The number of methoxy groups -OCH3 is 1. The molecule has 0 unspecified atom stereocenters. The van der Waals surface area contributed by atoms with Crippen molar-refractivity contribution < 1.29 is 13.2 Å². The molecule has 0 radical (unpaired) electrons. The predicted octanol–water partition coefficient (Wildman–Crippen LogP) is 4.80. The Balaban J connectivity index is 1.69. The molecule has 0 bridgehead atoms. The molecular formula is C21H17NO3S. The van der Waals surface area contributed by atoms with Crippen molar-refractivity contribution in [3.8, 4) is 5.75 Å². The van der Waals surface area contributed by atoms with Gasteiger partial charge < -0.3 is 4.74 Å². The van der Waals surface area contributed by atoms with Gasteiger partial charge in [-0.25, -0.2) is 8.42 Å². The summed E-state index contributed by atoms with van der Waals surface area (Å²) in [7, 11) is -2.07. The number of ether oxygens (including phenoxy) is 1. The van der Waals surface area contributed by atoms with Crippen LogP contribution in [-0.2, 0) is 10.0 Å². The fraction of sp³-hybridized carbons (Fsp3) is 0.0476. The molecule has 0 heterocycles. The van der Waals surface area contributed by atoms with E-state index in [0.29, 0.717) is 5.69 Å². The van der Waals surface area contributed by atoms with Gasteiger partial charge in [0.15, 0.2) is 0 Å². The molecule has 0 spiro atoms. The zero-order chi connectivity index (χ0) is 18.1. The topological polar surface area (TPSA) is 55.4 Å². The van der Waals surface area contributed by atoms with Crippen LogP contribution in [0.5, 0.6) is 5.75 Å². The summed E-state index contributed by atoms with van der Waals surface area (Å²) in [5.74, 6) is 0.738. The third-order valence-corrected chi connectivity index (χ3v) is 5.71.